The predicted molar refractivity (Wildman–Crippen MR) is 69.0 cm³/mol. The number of hydrogen-bond donors (Lipinski definition) is 2. The van der Waals surface area contributed by atoms with Gasteiger partial charge in [0.25, 0.3) is 0 Å². The van der Waals surface area contributed by atoms with Crippen LogP contribution in [0.25, 0.3) is 10.9 Å². The van der Waals surface area contributed by atoms with Gasteiger partial charge in [0.2, 0.25) is 0 Å². The van der Waals surface area contributed by atoms with E-state index < -0.39 is 11.9 Å². The maximum Gasteiger partial charge on any atom is 0.311 e. The molecule has 0 amide bonds. The highest BCUT2D eigenvalue weighted by molar-refractivity contribution is 7.11. The zero-order valence-electron chi connectivity index (χ0n) is 9.50. The molecule has 5 nitrogen and oxygen atoms in total. The Labute approximate surface area is 108 Å². The number of nitrogens with zero attached hydrogens (tertiary/aromatic N) is 1. The molecule has 3 rings (SSSR count). The molecule has 2 unspecified atom stereocenters. The average Bonchev–Trinajstić information content (AvgIpc) is 2.97. The summed E-state index contributed by atoms with van der Waals surface area (Å²) in [6.07, 6.45) is 0. The maximum atomic E-state index is 11.1. The number of carboxylic acid groups (broad SMARTS) is 1. The van der Waals surface area contributed by atoms with Crippen LogP contribution in [0, 0.1) is 5.92 Å². The summed E-state index contributed by atoms with van der Waals surface area (Å²) in [5, 5.41) is 14.3. The Bertz CT molecular complexity index is 583. The van der Waals surface area contributed by atoms with Crippen molar-refractivity contribution in [2.24, 2.45) is 5.92 Å². The normalized spacial score (nSPS) is 23.3. The lowest BCUT2D eigenvalue weighted by Gasteiger charge is -2.15. The van der Waals surface area contributed by atoms with Gasteiger partial charge in [-0.1, -0.05) is 12.1 Å². The monoisotopic (exact) mass is 264 g/mol. The van der Waals surface area contributed by atoms with Crippen molar-refractivity contribution >= 4 is 33.4 Å². The highest BCUT2D eigenvalue weighted by Crippen LogP contribution is 2.30. The average molecular weight is 264 g/mol. The molecule has 1 aliphatic rings. The first-order valence-corrected chi connectivity index (χ1v) is 6.44. The molecule has 2 aromatic rings. The van der Waals surface area contributed by atoms with Gasteiger partial charge in [0.15, 0.2) is 0 Å². The Balaban J connectivity index is 1.86. The van der Waals surface area contributed by atoms with Crippen LogP contribution < -0.4 is 5.32 Å². The zero-order valence-corrected chi connectivity index (χ0v) is 10.3. The van der Waals surface area contributed by atoms with E-state index in [0.29, 0.717) is 6.61 Å². The third-order valence-corrected chi connectivity index (χ3v) is 3.91. The topological polar surface area (TPSA) is 71.5 Å². The van der Waals surface area contributed by atoms with Gasteiger partial charge in [-0.2, -0.15) is 4.37 Å². The summed E-state index contributed by atoms with van der Waals surface area (Å²) >= 11 is 1.35. The molecule has 0 radical (unpaired) electrons. The van der Waals surface area contributed by atoms with Gasteiger partial charge in [-0.3, -0.25) is 4.79 Å². The van der Waals surface area contributed by atoms with Gasteiger partial charge in [0.1, 0.15) is 10.9 Å². The minimum Gasteiger partial charge on any atom is -0.481 e. The molecular weight excluding hydrogens is 252 g/mol. The number of ether oxygens (including phenoxy) is 1. The highest BCUT2D eigenvalue weighted by atomic mass is 32.1. The van der Waals surface area contributed by atoms with Crippen LogP contribution in [0.15, 0.2) is 24.3 Å². The van der Waals surface area contributed by atoms with Crippen LogP contribution in [0.1, 0.15) is 0 Å². The summed E-state index contributed by atoms with van der Waals surface area (Å²) in [4.78, 5) is 11.1. The molecule has 0 spiro atoms. The van der Waals surface area contributed by atoms with Gasteiger partial charge in [0, 0.05) is 5.39 Å². The molecule has 0 bridgehead atoms. The van der Waals surface area contributed by atoms with Crippen LogP contribution in [0.4, 0.5) is 5.00 Å². The van der Waals surface area contributed by atoms with E-state index >= 15 is 0 Å². The molecule has 0 saturated carbocycles. The van der Waals surface area contributed by atoms with Crippen molar-refractivity contribution < 1.29 is 14.6 Å². The van der Waals surface area contributed by atoms with Crippen LogP contribution in [0.5, 0.6) is 0 Å². The van der Waals surface area contributed by atoms with Gasteiger partial charge in [0.05, 0.1) is 24.8 Å². The SMILES string of the molecule is O=C(O)C1COCC1Nc1snc2ccccc12. The Morgan fingerprint density at radius 1 is 1.44 bits per heavy atom. The van der Waals surface area contributed by atoms with Crippen LogP contribution in [-0.2, 0) is 9.53 Å². The summed E-state index contributed by atoms with van der Waals surface area (Å²) in [5.41, 5.74) is 0.927. The fraction of sp³-hybridized carbons (Fsp3) is 0.333. The molecule has 1 saturated heterocycles. The third kappa shape index (κ3) is 1.93. The fourth-order valence-corrected chi connectivity index (χ4v) is 2.93. The molecule has 1 aromatic carbocycles. The zero-order chi connectivity index (χ0) is 12.5. The first kappa shape index (κ1) is 11.4. The minimum absolute atomic E-state index is 0.189. The van der Waals surface area contributed by atoms with E-state index in [1.54, 1.807) is 0 Å². The van der Waals surface area contributed by atoms with Crippen LogP contribution in [0.3, 0.4) is 0 Å². The van der Waals surface area contributed by atoms with Crippen LogP contribution in [0.2, 0.25) is 0 Å². The van der Waals surface area contributed by atoms with Crippen molar-refractivity contribution in [3.63, 3.8) is 0 Å². The molecule has 2 N–H and O–H groups in total. The number of rotatable bonds is 3. The first-order chi connectivity index (χ1) is 8.75. The van der Waals surface area contributed by atoms with Gasteiger partial charge < -0.3 is 15.2 Å². The Morgan fingerprint density at radius 2 is 2.28 bits per heavy atom. The second-order valence-electron chi connectivity index (χ2n) is 4.26. The quantitative estimate of drug-likeness (QED) is 0.884. The molecule has 1 fully saturated rings. The molecule has 6 heteroatoms. The number of fused-ring (bicyclic) bond motifs is 1. The van der Waals surface area contributed by atoms with Crippen molar-refractivity contribution in [2.45, 2.75) is 6.04 Å². The largest absolute Gasteiger partial charge is 0.481 e. The van der Waals surface area contributed by atoms with E-state index in [-0.39, 0.29) is 12.6 Å². The number of carboxylic acids is 1. The van der Waals surface area contributed by atoms with Crippen molar-refractivity contribution in [2.75, 3.05) is 18.5 Å². The predicted octanol–water partition coefficient (Wildman–Crippen LogP) is 1.81. The Morgan fingerprint density at radius 3 is 3.11 bits per heavy atom. The first-order valence-electron chi connectivity index (χ1n) is 5.67. The number of anilines is 1. The van der Waals surface area contributed by atoms with E-state index in [1.807, 2.05) is 24.3 Å². The standard InChI is InChI=1S/C12H12N2O3S/c15-12(16)8-5-17-6-10(8)13-11-7-3-1-2-4-9(7)14-18-11/h1-4,8,10,13H,5-6H2,(H,15,16). The second-order valence-corrected chi connectivity index (χ2v) is 5.04. The van der Waals surface area contributed by atoms with E-state index in [1.165, 1.54) is 11.5 Å². The molecular formula is C12H12N2O3S. The van der Waals surface area contributed by atoms with Crippen molar-refractivity contribution in [1.82, 2.24) is 4.37 Å². The van der Waals surface area contributed by atoms with Crippen LogP contribution in [-0.4, -0.2) is 34.7 Å². The molecule has 2 heterocycles. The summed E-state index contributed by atoms with van der Waals surface area (Å²) in [5.74, 6) is -1.32. The molecule has 1 aliphatic heterocycles. The summed E-state index contributed by atoms with van der Waals surface area (Å²) in [6.45, 7) is 0.687. The van der Waals surface area contributed by atoms with Gasteiger partial charge in [-0.05, 0) is 23.7 Å². The number of hydrogen-bond acceptors (Lipinski definition) is 5. The summed E-state index contributed by atoms with van der Waals surface area (Å²) in [6, 6.07) is 7.61. The Hall–Kier alpha value is -1.66. The van der Waals surface area contributed by atoms with Crippen molar-refractivity contribution in [3.05, 3.63) is 24.3 Å². The second kappa shape index (κ2) is 4.55. The molecule has 94 valence electrons. The van der Waals surface area contributed by atoms with E-state index in [0.717, 1.165) is 15.9 Å². The fourth-order valence-electron chi connectivity index (χ4n) is 2.10. The van der Waals surface area contributed by atoms with Crippen LogP contribution >= 0.6 is 11.5 Å². The number of benzene rings is 1. The molecule has 0 aliphatic carbocycles. The lowest BCUT2D eigenvalue weighted by atomic mass is 10.0. The van der Waals surface area contributed by atoms with Crippen molar-refractivity contribution in [3.8, 4) is 0 Å². The summed E-state index contributed by atoms with van der Waals surface area (Å²) < 4.78 is 9.55. The van der Waals surface area contributed by atoms with E-state index in [2.05, 4.69) is 9.69 Å². The number of carbonyl (C=O) groups is 1. The van der Waals surface area contributed by atoms with Crippen molar-refractivity contribution in [1.29, 1.82) is 0 Å². The van der Waals surface area contributed by atoms with Gasteiger partial charge in [-0.25, -0.2) is 0 Å². The maximum absolute atomic E-state index is 11.1. The van der Waals surface area contributed by atoms with E-state index in [9.17, 15) is 4.79 Å². The number of aliphatic carboxylic acids is 1. The third-order valence-electron chi connectivity index (χ3n) is 3.10. The lowest BCUT2D eigenvalue weighted by molar-refractivity contribution is -0.141. The highest BCUT2D eigenvalue weighted by Gasteiger charge is 2.34. The lowest BCUT2D eigenvalue weighted by Crippen LogP contribution is -2.32. The smallest absolute Gasteiger partial charge is 0.311 e. The molecule has 18 heavy (non-hydrogen) atoms. The molecule has 2 atom stereocenters. The van der Waals surface area contributed by atoms with E-state index in [4.69, 9.17) is 9.84 Å². The van der Waals surface area contributed by atoms with Gasteiger partial charge in [-0.15, -0.1) is 0 Å². The van der Waals surface area contributed by atoms with Gasteiger partial charge >= 0.3 is 5.97 Å². The summed E-state index contributed by atoms with van der Waals surface area (Å²) in [7, 11) is 0. The Kier molecular flexibility index (Phi) is 2.89. The molecule has 1 aromatic heterocycles. The minimum atomic E-state index is -0.821. The number of aromatic nitrogens is 1. The number of nitrogens with one attached hydrogen (secondary N) is 1.